The molecule has 2 aromatic rings. The number of carbonyl (C=O) groups excluding carboxylic acids is 1. The van der Waals surface area contributed by atoms with Crippen molar-refractivity contribution < 1.29 is 9.53 Å². The maximum atomic E-state index is 12.7. The number of halogens is 1. The van der Waals surface area contributed by atoms with Gasteiger partial charge in [-0.25, -0.2) is 9.80 Å². The van der Waals surface area contributed by atoms with Gasteiger partial charge in [0.05, 0.1) is 12.2 Å². The number of hydrogen-bond acceptors (Lipinski definition) is 5. The molecule has 0 radical (unpaired) electrons. The number of ether oxygens (including phenoxy) is 1. The quantitative estimate of drug-likeness (QED) is 0.753. The van der Waals surface area contributed by atoms with E-state index in [0.29, 0.717) is 16.9 Å². The average molecular weight is 441 g/mol. The third kappa shape index (κ3) is 3.28. The predicted molar refractivity (Wildman–Crippen MR) is 123 cm³/mol. The molecular formula is C24H29ClN4O2. The van der Waals surface area contributed by atoms with Crippen molar-refractivity contribution in [3.8, 4) is 5.75 Å². The lowest BCUT2D eigenvalue weighted by molar-refractivity contribution is 0.109. The largest absolute Gasteiger partial charge is 0.427 e. The molecule has 3 heterocycles. The molecule has 1 fully saturated rings. The maximum absolute atomic E-state index is 12.7. The maximum Gasteiger partial charge on any atom is 0.427 e. The number of fused-ring (bicyclic) bond motifs is 4. The summed E-state index contributed by atoms with van der Waals surface area (Å²) < 4.78 is 5.71. The van der Waals surface area contributed by atoms with Gasteiger partial charge >= 0.3 is 6.09 Å². The Kier molecular flexibility index (Phi) is 4.92. The Balaban J connectivity index is 1.31. The molecule has 0 aromatic heterocycles. The first kappa shape index (κ1) is 20.6. The van der Waals surface area contributed by atoms with Crippen LogP contribution in [0.1, 0.15) is 43.0 Å². The van der Waals surface area contributed by atoms with Crippen molar-refractivity contribution in [1.82, 2.24) is 15.3 Å². The van der Waals surface area contributed by atoms with E-state index in [4.69, 9.17) is 16.3 Å². The minimum absolute atomic E-state index is 0.0253. The molecule has 1 saturated heterocycles. The number of carbonyl (C=O) groups is 1. The number of amides is 1. The number of nitrogens with one attached hydrogen (secondary N) is 1. The summed E-state index contributed by atoms with van der Waals surface area (Å²) >= 11 is 6.18. The Morgan fingerprint density at radius 1 is 1.19 bits per heavy atom. The van der Waals surface area contributed by atoms with Gasteiger partial charge in [-0.2, -0.15) is 0 Å². The lowest BCUT2D eigenvalue weighted by Gasteiger charge is -2.34. The number of hydrogen-bond donors (Lipinski definition) is 1. The highest BCUT2D eigenvalue weighted by Gasteiger charge is 2.52. The average Bonchev–Trinajstić information content (AvgIpc) is 3.16. The summed E-state index contributed by atoms with van der Waals surface area (Å²) in [4.78, 5) is 17.4. The first-order chi connectivity index (χ1) is 14.8. The third-order valence-electron chi connectivity index (χ3n) is 7.39. The third-order valence-corrected chi connectivity index (χ3v) is 7.63. The summed E-state index contributed by atoms with van der Waals surface area (Å²) in [6.07, 6.45) is 1.82. The van der Waals surface area contributed by atoms with Gasteiger partial charge < -0.3 is 9.64 Å². The van der Waals surface area contributed by atoms with Crippen LogP contribution in [0.15, 0.2) is 36.4 Å². The molecule has 1 N–H and O–H groups in total. The van der Waals surface area contributed by atoms with Crippen LogP contribution in [0.5, 0.6) is 5.75 Å². The van der Waals surface area contributed by atoms with Gasteiger partial charge in [-0.05, 0) is 73.8 Å². The molecule has 2 aromatic carbocycles. The van der Waals surface area contributed by atoms with Gasteiger partial charge in [0, 0.05) is 36.3 Å². The molecule has 3 atom stereocenters. The number of likely N-dealkylation sites (tertiary alicyclic amines) is 1. The fraction of sp³-hybridized carbons (Fsp3) is 0.458. The molecule has 164 valence electrons. The summed E-state index contributed by atoms with van der Waals surface area (Å²) in [7, 11) is 4.32. The van der Waals surface area contributed by atoms with Crippen molar-refractivity contribution >= 4 is 23.4 Å². The summed E-state index contributed by atoms with van der Waals surface area (Å²) in [5.74, 6) is 0.578. The van der Waals surface area contributed by atoms with Crippen molar-refractivity contribution in [2.24, 2.45) is 0 Å². The highest BCUT2D eigenvalue weighted by atomic mass is 35.5. The number of anilines is 1. The Morgan fingerprint density at radius 3 is 2.81 bits per heavy atom. The van der Waals surface area contributed by atoms with E-state index in [-0.39, 0.29) is 11.5 Å². The fourth-order valence-corrected chi connectivity index (χ4v) is 5.98. The van der Waals surface area contributed by atoms with E-state index in [9.17, 15) is 4.79 Å². The lowest BCUT2D eigenvalue weighted by Crippen LogP contribution is -2.48. The minimum Gasteiger partial charge on any atom is -0.409 e. The highest BCUT2D eigenvalue weighted by Crippen LogP contribution is 2.51. The van der Waals surface area contributed by atoms with Crippen molar-refractivity contribution in [1.29, 1.82) is 0 Å². The smallest absolute Gasteiger partial charge is 0.409 e. The van der Waals surface area contributed by atoms with Crippen LogP contribution in [0.3, 0.4) is 0 Å². The van der Waals surface area contributed by atoms with Crippen LogP contribution in [0.25, 0.3) is 0 Å². The molecule has 5 rings (SSSR count). The van der Waals surface area contributed by atoms with Gasteiger partial charge in [-0.1, -0.05) is 24.6 Å². The topological polar surface area (TPSA) is 48.1 Å². The molecule has 0 aliphatic carbocycles. The number of hydrazine groups is 1. The minimum atomic E-state index is -0.464. The monoisotopic (exact) mass is 440 g/mol. The van der Waals surface area contributed by atoms with E-state index >= 15 is 0 Å². The predicted octanol–water partition coefficient (Wildman–Crippen LogP) is 4.33. The molecule has 3 aliphatic heterocycles. The summed E-state index contributed by atoms with van der Waals surface area (Å²) in [5.41, 5.74) is 7.85. The van der Waals surface area contributed by atoms with Crippen molar-refractivity contribution in [3.05, 3.63) is 58.1 Å². The molecule has 3 aliphatic rings. The number of likely N-dealkylation sites (N-methyl/N-ethyl adjacent to an activating group) is 2. The molecular weight excluding hydrogens is 412 g/mol. The first-order valence-electron chi connectivity index (χ1n) is 10.9. The highest BCUT2D eigenvalue weighted by molar-refractivity contribution is 6.30. The van der Waals surface area contributed by atoms with Crippen LogP contribution < -0.4 is 15.1 Å². The summed E-state index contributed by atoms with van der Waals surface area (Å²) in [6.45, 7) is 6.17. The van der Waals surface area contributed by atoms with Crippen LogP contribution in [-0.4, -0.2) is 49.4 Å². The normalized spacial score (nSPS) is 27.6. The van der Waals surface area contributed by atoms with E-state index in [1.807, 2.05) is 29.3 Å². The second-order valence-corrected chi connectivity index (χ2v) is 9.71. The Labute approximate surface area is 188 Å². The number of benzene rings is 2. The second-order valence-electron chi connectivity index (χ2n) is 9.28. The molecule has 6 nitrogen and oxygen atoms in total. The Bertz CT molecular complexity index is 1040. The summed E-state index contributed by atoms with van der Waals surface area (Å²) in [6, 6.07) is 12.0. The van der Waals surface area contributed by atoms with E-state index in [1.165, 1.54) is 16.8 Å². The Morgan fingerprint density at radius 2 is 2.00 bits per heavy atom. The lowest BCUT2D eigenvalue weighted by atomic mass is 9.81. The summed E-state index contributed by atoms with van der Waals surface area (Å²) in [5, 5.41) is 2.63. The van der Waals surface area contributed by atoms with Crippen LogP contribution in [0.2, 0.25) is 5.02 Å². The van der Waals surface area contributed by atoms with Crippen LogP contribution in [-0.2, 0) is 11.8 Å². The van der Waals surface area contributed by atoms with Gasteiger partial charge in [0.2, 0.25) is 0 Å². The van der Waals surface area contributed by atoms with Crippen LogP contribution in [0, 0.1) is 0 Å². The van der Waals surface area contributed by atoms with E-state index in [0.717, 1.165) is 31.5 Å². The van der Waals surface area contributed by atoms with Crippen LogP contribution >= 0.6 is 11.6 Å². The molecule has 0 saturated carbocycles. The van der Waals surface area contributed by atoms with Gasteiger partial charge in [0.1, 0.15) is 5.75 Å². The van der Waals surface area contributed by atoms with Gasteiger partial charge in [-0.15, -0.1) is 0 Å². The molecule has 7 heteroatoms. The molecule has 1 amide bonds. The SMILES string of the molecule is CC1c2cc(Cl)ccc2CCN1NC(=O)Oc1ccc2c(c1)[C@]1(C)CCN(C)[C@@H]1N2C. The zero-order valence-corrected chi connectivity index (χ0v) is 19.2. The molecule has 1 unspecified atom stereocenters. The molecule has 0 bridgehead atoms. The van der Waals surface area contributed by atoms with Crippen molar-refractivity contribution in [2.75, 3.05) is 32.1 Å². The van der Waals surface area contributed by atoms with E-state index < -0.39 is 6.09 Å². The van der Waals surface area contributed by atoms with E-state index in [2.05, 4.69) is 55.3 Å². The standard InChI is InChI=1S/C24H29ClN4O2/c1-15-19-13-17(25)6-5-16(19)9-11-29(15)26-23(30)31-18-7-8-21-20(14-18)24(2)10-12-27(3)22(24)28(21)4/h5-8,13-15,22H,9-12H2,1-4H3,(H,26,30)/t15?,22-,24+/m1/s1. The molecule has 31 heavy (non-hydrogen) atoms. The second kappa shape index (κ2) is 7.40. The number of rotatable bonds is 2. The van der Waals surface area contributed by atoms with Crippen molar-refractivity contribution in [2.45, 2.75) is 44.3 Å². The zero-order valence-electron chi connectivity index (χ0n) is 18.5. The van der Waals surface area contributed by atoms with Crippen molar-refractivity contribution in [3.63, 3.8) is 0 Å². The first-order valence-corrected chi connectivity index (χ1v) is 11.3. The van der Waals surface area contributed by atoms with Crippen LogP contribution in [0.4, 0.5) is 10.5 Å². The fourth-order valence-electron chi connectivity index (χ4n) is 5.80. The van der Waals surface area contributed by atoms with Gasteiger partial charge in [0.25, 0.3) is 0 Å². The van der Waals surface area contributed by atoms with Gasteiger partial charge in [0.15, 0.2) is 0 Å². The van der Waals surface area contributed by atoms with E-state index in [1.54, 1.807) is 0 Å². The van der Waals surface area contributed by atoms with Gasteiger partial charge in [-0.3, -0.25) is 10.3 Å². The zero-order chi connectivity index (χ0) is 21.9. The Hall–Kier alpha value is -2.28. The molecule has 0 spiro atoms. The number of nitrogens with zero attached hydrogens (tertiary/aromatic N) is 3.